The maximum atomic E-state index is 13.7. The number of piperidine rings is 3. The molecule has 8 rings (SSSR count). The van der Waals surface area contributed by atoms with Gasteiger partial charge in [0.2, 0.25) is 5.82 Å². The van der Waals surface area contributed by atoms with E-state index in [1.54, 1.807) is 0 Å². The number of nitrogens with zero attached hydrogens (tertiary/aromatic N) is 3. The van der Waals surface area contributed by atoms with E-state index in [1.165, 1.54) is 5.56 Å². The van der Waals surface area contributed by atoms with Crippen molar-refractivity contribution in [3.05, 3.63) is 95.8 Å². The normalized spacial score (nSPS) is 23.7. The summed E-state index contributed by atoms with van der Waals surface area (Å²) in [5, 5.41) is 7.73. The summed E-state index contributed by atoms with van der Waals surface area (Å²) in [4.78, 5) is 18.4. The fourth-order valence-electron chi connectivity index (χ4n) is 6.47. The molecule has 0 saturated carbocycles. The first-order valence-electron chi connectivity index (χ1n) is 14.1. The molecule has 204 valence electrons. The molecule has 8 nitrogen and oxygen atoms in total. The first-order valence-corrected chi connectivity index (χ1v) is 14.1. The average Bonchev–Trinajstić information content (AvgIpc) is 3.66. The van der Waals surface area contributed by atoms with Gasteiger partial charge in [0.25, 0.3) is 5.89 Å². The van der Waals surface area contributed by atoms with Gasteiger partial charge in [-0.25, -0.2) is 4.79 Å². The highest BCUT2D eigenvalue weighted by atomic mass is 16.5. The molecular formula is C32H33N4O4+. The molecule has 0 radical (unpaired) electrons. The van der Waals surface area contributed by atoms with Crippen molar-refractivity contribution in [2.75, 3.05) is 31.6 Å². The van der Waals surface area contributed by atoms with Crippen LogP contribution in [0.2, 0.25) is 0 Å². The minimum atomic E-state index is -0.579. The molecule has 5 heterocycles. The van der Waals surface area contributed by atoms with Gasteiger partial charge in [-0.15, -0.1) is 0 Å². The van der Waals surface area contributed by atoms with Crippen LogP contribution in [0.15, 0.2) is 83.4 Å². The van der Waals surface area contributed by atoms with Gasteiger partial charge in [-0.3, -0.25) is 0 Å². The fourth-order valence-corrected chi connectivity index (χ4v) is 6.47. The first-order chi connectivity index (χ1) is 19.6. The number of esters is 1. The van der Waals surface area contributed by atoms with Crippen molar-refractivity contribution in [2.45, 2.75) is 38.0 Å². The van der Waals surface area contributed by atoms with E-state index in [4.69, 9.17) is 19.0 Å². The quantitative estimate of drug-likeness (QED) is 0.245. The molecule has 0 unspecified atom stereocenters. The molecule has 3 fully saturated rings. The molecule has 2 atom stereocenters. The van der Waals surface area contributed by atoms with Crippen LogP contribution in [-0.2, 0) is 22.5 Å². The number of anilines is 1. The lowest BCUT2D eigenvalue weighted by molar-refractivity contribution is -0.958. The Balaban J connectivity index is 1.06. The van der Waals surface area contributed by atoms with Crippen LogP contribution in [-0.4, -0.2) is 52.9 Å². The topological polar surface area (TPSA) is 86.5 Å². The minimum absolute atomic E-state index is 0.137. The van der Waals surface area contributed by atoms with E-state index >= 15 is 0 Å². The van der Waals surface area contributed by atoms with Crippen LogP contribution in [0, 0.1) is 5.92 Å². The average molecular weight is 538 g/mol. The number of carbonyl (C=O) groups is 1. The van der Waals surface area contributed by atoms with Crippen molar-refractivity contribution in [1.29, 1.82) is 0 Å². The van der Waals surface area contributed by atoms with Crippen molar-refractivity contribution in [3.63, 3.8) is 0 Å². The molecule has 1 aromatic heterocycles. The maximum absolute atomic E-state index is 13.7. The number of carbonyl (C=O) groups excluding carboxylic acids is 1. The van der Waals surface area contributed by atoms with Gasteiger partial charge < -0.3 is 23.8 Å². The highest BCUT2D eigenvalue weighted by molar-refractivity contribution is 5.81. The lowest BCUT2D eigenvalue weighted by Crippen LogP contribution is -2.64. The lowest BCUT2D eigenvalue weighted by atomic mass is 9.83. The Morgan fingerprint density at radius 1 is 1.02 bits per heavy atom. The van der Waals surface area contributed by atoms with E-state index in [9.17, 15) is 4.79 Å². The van der Waals surface area contributed by atoms with Crippen LogP contribution >= 0.6 is 0 Å². The zero-order valence-electron chi connectivity index (χ0n) is 22.4. The van der Waals surface area contributed by atoms with Gasteiger partial charge in [-0.1, -0.05) is 53.7 Å². The van der Waals surface area contributed by atoms with Crippen LogP contribution in [0.4, 0.5) is 5.69 Å². The van der Waals surface area contributed by atoms with Gasteiger partial charge in [0.15, 0.2) is 12.1 Å². The zero-order valence-corrected chi connectivity index (χ0v) is 22.4. The van der Waals surface area contributed by atoms with Gasteiger partial charge in [-0.05, 0) is 41.5 Å². The Kier molecular flexibility index (Phi) is 6.48. The number of para-hydroxylation sites is 1. The summed E-state index contributed by atoms with van der Waals surface area (Å²) in [5.41, 5.74) is 3.87. The van der Waals surface area contributed by atoms with E-state index in [0.717, 1.165) is 72.6 Å². The second-order valence-corrected chi connectivity index (χ2v) is 11.2. The molecule has 1 N–H and O–H groups in total. The summed E-state index contributed by atoms with van der Waals surface area (Å²) in [6.45, 7) is 4.22. The molecule has 8 heteroatoms. The number of quaternary nitrogens is 1. The Labute approximate surface area is 233 Å². The van der Waals surface area contributed by atoms with Crippen molar-refractivity contribution >= 4 is 11.7 Å². The molecule has 4 aliphatic rings. The Morgan fingerprint density at radius 3 is 2.60 bits per heavy atom. The molecule has 3 aromatic carbocycles. The fraction of sp³-hybridized carbons (Fsp3) is 0.344. The highest BCUT2D eigenvalue weighted by Crippen LogP contribution is 2.38. The van der Waals surface area contributed by atoms with Crippen LogP contribution < -0.4 is 10.1 Å². The van der Waals surface area contributed by atoms with Gasteiger partial charge in [0, 0.05) is 36.4 Å². The number of benzene rings is 3. The highest BCUT2D eigenvalue weighted by Gasteiger charge is 2.48. The number of hydrogen-bond donors (Lipinski definition) is 1. The number of nitrogens with one attached hydrogen (secondary N) is 1. The van der Waals surface area contributed by atoms with Gasteiger partial charge in [-0.2, -0.15) is 4.98 Å². The molecular weight excluding hydrogens is 504 g/mol. The Hall–Kier alpha value is -4.17. The van der Waals surface area contributed by atoms with E-state index in [-0.39, 0.29) is 12.1 Å². The molecule has 3 saturated heterocycles. The van der Waals surface area contributed by atoms with Gasteiger partial charge >= 0.3 is 5.97 Å². The van der Waals surface area contributed by atoms with Gasteiger partial charge in [0.05, 0.1) is 19.7 Å². The molecule has 40 heavy (non-hydrogen) atoms. The van der Waals surface area contributed by atoms with Gasteiger partial charge in [0.1, 0.15) is 18.8 Å². The molecule has 0 aliphatic carbocycles. The molecule has 0 amide bonds. The summed E-state index contributed by atoms with van der Waals surface area (Å²) < 4.78 is 18.4. The van der Waals surface area contributed by atoms with E-state index in [2.05, 4.69) is 16.5 Å². The SMILES string of the molecule is O=C(O[C@H]1C[N+]2(Cc3noc(-c4ccc5c(c4)CCO5)n3)CCC1CC2)[C@H](Nc1ccccc1)c1ccccc1. The predicted octanol–water partition coefficient (Wildman–Crippen LogP) is 5.18. The molecule has 0 spiro atoms. The first kappa shape index (κ1) is 24.8. The number of aromatic nitrogens is 2. The van der Waals surface area contributed by atoms with Crippen LogP contribution in [0.25, 0.3) is 11.5 Å². The predicted molar refractivity (Wildman–Crippen MR) is 149 cm³/mol. The number of fused-ring (bicyclic) bond motifs is 4. The Morgan fingerprint density at radius 2 is 1.80 bits per heavy atom. The van der Waals surface area contributed by atoms with Crippen LogP contribution in [0.5, 0.6) is 5.75 Å². The number of rotatable bonds is 8. The molecule has 2 bridgehead atoms. The third-order valence-corrected chi connectivity index (χ3v) is 8.64. The minimum Gasteiger partial charge on any atom is -0.493 e. The van der Waals surface area contributed by atoms with Crippen molar-refractivity contribution in [3.8, 4) is 17.2 Å². The summed E-state index contributed by atoms with van der Waals surface area (Å²) >= 11 is 0. The molecule has 4 aliphatic heterocycles. The Bertz CT molecular complexity index is 1480. The summed E-state index contributed by atoms with van der Waals surface area (Å²) in [5.74, 6) is 2.31. The number of hydrogen-bond acceptors (Lipinski definition) is 7. The molecule has 4 aromatic rings. The van der Waals surface area contributed by atoms with Crippen LogP contribution in [0.3, 0.4) is 0 Å². The summed E-state index contributed by atoms with van der Waals surface area (Å²) in [6.07, 6.45) is 2.81. The van der Waals surface area contributed by atoms with Crippen molar-refractivity contribution in [2.24, 2.45) is 5.92 Å². The summed E-state index contributed by atoms with van der Waals surface area (Å²) in [6, 6.07) is 25.1. The number of ether oxygens (including phenoxy) is 2. The summed E-state index contributed by atoms with van der Waals surface area (Å²) in [7, 11) is 0. The van der Waals surface area contributed by atoms with E-state index in [1.807, 2.05) is 72.8 Å². The van der Waals surface area contributed by atoms with Crippen molar-refractivity contribution < 1.29 is 23.3 Å². The maximum Gasteiger partial charge on any atom is 0.333 e. The smallest absolute Gasteiger partial charge is 0.333 e. The second-order valence-electron chi connectivity index (χ2n) is 11.2. The monoisotopic (exact) mass is 537 g/mol. The van der Waals surface area contributed by atoms with E-state index < -0.39 is 6.04 Å². The van der Waals surface area contributed by atoms with E-state index in [0.29, 0.717) is 24.2 Å². The standard InChI is InChI=1S/C32H33N4O4/c37-32(30(23-7-3-1-4-8-23)33-26-9-5-2-6-10-26)39-28-20-36(16-13-22(28)14-17-36)21-29-34-31(40-35-29)25-11-12-27-24(19-25)15-18-38-27/h1-12,19,22,28,30,33H,13-18,20-21H2/q+1/t22?,28-,30+,36?/m0/s1. The third-order valence-electron chi connectivity index (χ3n) is 8.64. The van der Waals surface area contributed by atoms with Crippen LogP contribution in [0.1, 0.15) is 35.8 Å². The zero-order chi connectivity index (χ0) is 26.9. The van der Waals surface area contributed by atoms with Crippen molar-refractivity contribution in [1.82, 2.24) is 10.1 Å². The second kappa shape index (κ2) is 10.4. The third kappa shape index (κ3) is 4.95. The largest absolute Gasteiger partial charge is 0.493 e. The lowest BCUT2D eigenvalue weighted by Gasteiger charge is -2.51.